The number of piperidine rings is 1. The Kier molecular flexibility index (Phi) is 4.66. The zero-order valence-electron chi connectivity index (χ0n) is 13.4. The van der Waals surface area contributed by atoms with Crippen LogP contribution in [0.3, 0.4) is 0 Å². The fraction of sp³-hybridized carbons (Fsp3) is 0.375. The van der Waals surface area contributed by atoms with Crippen LogP contribution < -0.4 is 9.62 Å². The Balaban J connectivity index is 1.77. The molecule has 8 heteroatoms. The van der Waals surface area contributed by atoms with Gasteiger partial charge in [-0.25, -0.2) is 22.8 Å². The van der Waals surface area contributed by atoms with Crippen LogP contribution in [0.1, 0.15) is 24.8 Å². The number of nitrogens with zero attached hydrogens (tertiary/aromatic N) is 3. The Labute approximate surface area is 140 Å². The number of nitrogens with one attached hydrogen (secondary N) is 1. The first kappa shape index (κ1) is 16.6. The summed E-state index contributed by atoms with van der Waals surface area (Å²) in [4.78, 5) is 10.6. The highest BCUT2D eigenvalue weighted by Gasteiger charge is 2.18. The molecule has 2 heterocycles. The van der Waals surface area contributed by atoms with Crippen LogP contribution in [0.5, 0.6) is 0 Å². The second-order valence-electron chi connectivity index (χ2n) is 5.83. The van der Waals surface area contributed by atoms with Gasteiger partial charge in [0.25, 0.3) is 10.0 Å². The van der Waals surface area contributed by atoms with Crippen LogP contribution in [0.2, 0.25) is 0 Å². The summed E-state index contributed by atoms with van der Waals surface area (Å²) in [6.45, 7) is 3.38. The number of aryl methyl sites for hydroxylation is 1. The van der Waals surface area contributed by atoms with Crippen LogP contribution >= 0.6 is 0 Å². The first-order chi connectivity index (χ1) is 11.5. The van der Waals surface area contributed by atoms with Crippen molar-refractivity contribution < 1.29 is 12.8 Å². The van der Waals surface area contributed by atoms with Gasteiger partial charge in [-0.3, -0.25) is 4.72 Å². The smallest absolute Gasteiger partial charge is 0.262 e. The van der Waals surface area contributed by atoms with Crippen molar-refractivity contribution >= 4 is 21.7 Å². The maximum absolute atomic E-state index is 13.1. The molecule has 0 amide bonds. The lowest BCUT2D eigenvalue weighted by atomic mass is 10.1. The molecule has 1 aliphatic heterocycles. The van der Waals surface area contributed by atoms with Gasteiger partial charge in [0.2, 0.25) is 5.95 Å². The number of benzene rings is 1. The third-order valence-corrected chi connectivity index (χ3v) is 5.50. The molecule has 1 fully saturated rings. The highest BCUT2D eigenvalue weighted by Crippen LogP contribution is 2.21. The maximum Gasteiger partial charge on any atom is 0.262 e. The molecule has 0 spiro atoms. The Morgan fingerprint density at radius 2 is 1.79 bits per heavy atom. The van der Waals surface area contributed by atoms with Crippen LogP contribution in [-0.2, 0) is 10.0 Å². The molecule has 6 nitrogen and oxygen atoms in total. The number of hydrogen-bond acceptors (Lipinski definition) is 5. The Morgan fingerprint density at radius 1 is 1.12 bits per heavy atom. The zero-order chi connectivity index (χ0) is 17.2. The van der Waals surface area contributed by atoms with Crippen molar-refractivity contribution in [2.45, 2.75) is 31.1 Å². The van der Waals surface area contributed by atoms with Crippen molar-refractivity contribution in [3.05, 3.63) is 42.0 Å². The minimum atomic E-state index is -3.81. The fourth-order valence-electron chi connectivity index (χ4n) is 2.76. The number of aromatic nitrogens is 2. The summed E-state index contributed by atoms with van der Waals surface area (Å²) < 4.78 is 40.4. The Hall–Kier alpha value is -2.22. The molecule has 1 aromatic carbocycles. The van der Waals surface area contributed by atoms with Gasteiger partial charge in [0.15, 0.2) is 0 Å². The minimum absolute atomic E-state index is 0.0315. The van der Waals surface area contributed by atoms with Gasteiger partial charge in [0.1, 0.15) is 5.82 Å². The van der Waals surface area contributed by atoms with Crippen LogP contribution in [-0.4, -0.2) is 31.5 Å². The molecule has 0 unspecified atom stereocenters. The van der Waals surface area contributed by atoms with Gasteiger partial charge in [-0.15, -0.1) is 0 Å². The third kappa shape index (κ3) is 3.64. The van der Waals surface area contributed by atoms with Gasteiger partial charge >= 0.3 is 0 Å². The molecule has 0 bridgehead atoms. The summed E-state index contributed by atoms with van der Waals surface area (Å²) in [6.07, 6.45) is 6.34. The lowest BCUT2D eigenvalue weighted by Gasteiger charge is -2.26. The second-order valence-corrected chi connectivity index (χ2v) is 7.49. The Morgan fingerprint density at radius 3 is 2.42 bits per heavy atom. The SMILES string of the molecule is Cc1cc(F)ccc1S(=O)(=O)Nc1cnc(N2CCCCC2)nc1. The monoisotopic (exact) mass is 350 g/mol. The van der Waals surface area contributed by atoms with Crippen LogP contribution in [0.4, 0.5) is 16.0 Å². The van der Waals surface area contributed by atoms with Crippen molar-refractivity contribution in [3.8, 4) is 0 Å². The van der Waals surface area contributed by atoms with Gasteiger partial charge in [0.05, 0.1) is 23.0 Å². The van der Waals surface area contributed by atoms with Crippen molar-refractivity contribution in [3.63, 3.8) is 0 Å². The normalized spacial score (nSPS) is 15.3. The standard InChI is InChI=1S/C16H19FN4O2S/c1-12-9-13(17)5-6-15(12)24(22,23)20-14-10-18-16(19-11-14)21-7-3-2-4-8-21/h5-6,9-11,20H,2-4,7-8H2,1H3. The molecule has 1 aromatic heterocycles. The van der Waals surface area contributed by atoms with Crippen molar-refractivity contribution in [1.29, 1.82) is 0 Å². The van der Waals surface area contributed by atoms with Crippen molar-refractivity contribution in [2.75, 3.05) is 22.7 Å². The van der Waals surface area contributed by atoms with Gasteiger partial charge < -0.3 is 4.90 Å². The van der Waals surface area contributed by atoms with E-state index < -0.39 is 15.8 Å². The Bertz CT molecular complexity index is 818. The fourth-order valence-corrected chi connectivity index (χ4v) is 4.01. The molecule has 0 radical (unpaired) electrons. The molecule has 1 saturated heterocycles. The molecular formula is C16H19FN4O2S. The summed E-state index contributed by atoms with van der Waals surface area (Å²) in [7, 11) is -3.81. The molecule has 128 valence electrons. The first-order valence-corrected chi connectivity index (χ1v) is 9.30. The second kappa shape index (κ2) is 6.72. The van der Waals surface area contributed by atoms with E-state index in [1.165, 1.54) is 30.9 Å². The molecule has 1 aliphatic rings. The predicted octanol–water partition coefficient (Wildman–Crippen LogP) is 2.72. The molecule has 0 atom stereocenters. The van der Waals surface area contributed by atoms with Gasteiger partial charge in [-0.1, -0.05) is 0 Å². The van der Waals surface area contributed by atoms with E-state index in [0.29, 0.717) is 11.5 Å². The molecule has 2 aromatic rings. The number of hydrogen-bond donors (Lipinski definition) is 1. The number of halogens is 1. The summed E-state index contributed by atoms with van der Waals surface area (Å²) in [5.41, 5.74) is 0.618. The predicted molar refractivity (Wildman–Crippen MR) is 90.0 cm³/mol. The average Bonchev–Trinajstić information content (AvgIpc) is 2.55. The van der Waals surface area contributed by atoms with E-state index in [1.807, 2.05) is 0 Å². The summed E-state index contributed by atoms with van der Waals surface area (Å²) in [6, 6.07) is 3.55. The maximum atomic E-state index is 13.1. The van der Waals surface area contributed by atoms with Crippen LogP contribution in [0, 0.1) is 12.7 Å². The number of sulfonamides is 1. The molecule has 0 saturated carbocycles. The van der Waals surface area contributed by atoms with E-state index in [1.54, 1.807) is 6.92 Å². The zero-order valence-corrected chi connectivity index (χ0v) is 14.2. The molecule has 1 N–H and O–H groups in total. The van der Waals surface area contributed by atoms with Gasteiger partial charge in [0, 0.05) is 13.1 Å². The highest BCUT2D eigenvalue weighted by atomic mass is 32.2. The van der Waals surface area contributed by atoms with E-state index in [9.17, 15) is 12.8 Å². The summed E-state index contributed by atoms with van der Waals surface area (Å²) >= 11 is 0. The van der Waals surface area contributed by atoms with E-state index in [-0.39, 0.29) is 10.6 Å². The number of anilines is 2. The van der Waals surface area contributed by atoms with E-state index >= 15 is 0 Å². The van der Waals surface area contributed by atoms with E-state index in [2.05, 4.69) is 19.6 Å². The van der Waals surface area contributed by atoms with Crippen molar-refractivity contribution in [1.82, 2.24) is 9.97 Å². The van der Waals surface area contributed by atoms with Gasteiger partial charge in [-0.05, 0) is 49.9 Å². The van der Waals surface area contributed by atoms with Crippen LogP contribution in [0.15, 0.2) is 35.5 Å². The minimum Gasteiger partial charge on any atom is -0.341 e. The summed E-state index contributed by atoms with van der Waals surface area (Å²) in [5, 5.41) is 0. The molecule has 0 aliphatic carbocycles. The van der Waals surface area contributed by atoms with Crippen LogP contribution in [0.25, 0.3) is 0 Å². The molecule has 24 heavy (non-hydrogen) atoms. The quantitative estimate of drug-likeness (QED) is 0.918. The molecule has 3 rings (SSSR count). The third-order valence-electron chi connectivity index (χ3n) is 3.96. The largest absolute Gasteiger partial charge is 0.341 e. The van der Waals surface area contributed by atoms with Gasteiger partial charge in [-0.2, -0.15) is 0 Å². The first-order valence-electron chi connectivity index (χ1n) is 7.82. The van der Waals surface area contributed by atoms with E-state index in [4.69, 9.17) is 0 Å². The average molecular weight is 350 g/mol. The lowest BCUT2D eigenvalue weighted by molar-refractivity contribution is 0.568. The van der Waals surface area contributed by atoms with E-state index in [0.717, 1.165) is 32.0 Å². The lowest BCUT2D eigenvalue weighted by Crippen LogP contribution is -2.30. The highest BCUT2D eigenvalue weighted by molar-refractivity contribution is 7.92. The topological polar surface area (TPSA) is 75.2 Å². The molecular weight excluding hydrogens is 331 g/mol. The van der Waals surface area contributed by atoms with Crippen molar-refractivity contribution in [2.24, 2.45) is 0 Å². The number of rotatable bonds is 4. The summed E-state index contributed by atoms with van der Waals surface area (Å²) in [5.74, 6) is 0.135.